The minimum Gasteiger partial charge on any atom is -0.399 e. The molecule has 0 saturated heterocycles. The monoisotopic (exact) mass is 556 g/mol. The van der Waals surface area contributed by atoms with Gasteiger partial charge < -0.3 is 22.9 Å². The first-order valence-electron chi connectivity index (χ1n) is 11.0. The fraction of sp³-hybridized carbons (Fsp3) is 0.0769. The van der Waals surface area contributed by atoms with Gasteiger partial charge in [-0.25, -0.2) is 0 Å². The Morgan fingerprint density at radius 3 is 1.08 bits per heavy atom. The van der Waals surface area contributed by atoms with Gasteiger partial charge >= 0.3 is 0 Å². The number of rotatable bonds is 4. The van der Waals surface area contributed by atoms with Gasteiger partial charge in [0, 0.05) is 33.9 Å². The molecule has 0 bridgehead atoms. The van der Waals surface area contributed by atoms with Gasteiger partial charge in [-0.05, 0) is 84.6 Å². The van der Waals surface area contributed by atoms with Crippen molar-refractivity contribution in [2.75, 3.05) is 22.9 Å². The zero-order valence-corrected chi connectivity index (χ0v) is 22.2. The number of benzene rings is 4. The molecule has 0 aliphatic heterocycles. The molecule has 10 N–H and O–H groups in total. The molecule has 0 heterocycles. The van der Waals surface area contributed by atoms with E-state index in [1.54, 1.807) is 13.8 Å². The Labute approximate surface area is 221 Å². The van der Waals surface area contributed by atoms with E-state index >= 15 is 0 Å². The molecule has 0 radical (unpaired) electrons. The Hall–Kier alpha value is -4.10. The fourth-order valence-corrected chi connectivity index (χ4v) is 5.05. The van der Waals surface area contributed by atoms with Crippen molar-refractivity contribution < 1.29 is 25.9 Å². The molecule has 0 aromatic heterocycles. The van der Waals surface area contributed by atoms with E-state index in [9.17, 15) is 25.9 Å². The summed E-state index contributed by atoms with van der Waals surface area (Å²) in [5.41, 5.74) is 27.4. The molecule has 0 amide bonds. The number of aryl methyl sites for hydroxylation is 2. The minimum atomic E-state index is -4.69. The zero-order chi connectivity index (χ0) is 28.4. The molecule has 10 nitrogen and oxygen atoms in total. The Kier molecular flexibility index (Phi) is 8.03. The van der Waals surface area contributed by atoms with E-state index in [-0.39, 0.29) is 22.5 Å². The van der Waals surface area contributed by atoms with Crippen LogP contribution in [0.15, 0.2) is 82.6 Å². The smallest absolute Gasteiger partial charge is 0.295 e. The summed E-state index contributed by atoms with van der Waals surface area (Å²) < 4.78 is 65.6. The minimum absolute atomic E-state index is 0.104. The molecule has 4 aromatic carbocycles. The Balaban J connectivity index is 0.000000241. The summed E-state index contributed by atoms with van der Waals surface area (Å²) in [6.07, 6.45) is 0. The van der Waals surface area contributed by atoms with Gasteiger partial charge in [0.05, 0.1) is 0 Å². The predicted molar refractivity (Wildman–Crippen MR) is 151 cm³/mol. The van der Waals surface area contributed by atoms with Gasteiger partial charge in [0.15, 0.2) is 0 Å². The number of nitrogen functional groups attached to an aromatic ring is 4. The molecule has 0 atom stereocenters. The molecule has 0 aliphatic rings. The van der Waals surface area contributed by atoms with Crippen molar-refractivity contribution in [3.63, 3.8) is 0 Å². The van der Waals surface area contributed by atoms with Crippen molar-refractivity contribution in [1.29, 1.82) is 0 Å². The van der Waals surface area contributed by atoms with Gasteiger partial charge in [-0.3, -0.25) is 9.11 Å². The lowest BCUT2D eigenvalue weighted by Gasteiger charge is -2.15. The van der Waals surface area contributed by atoms with Gasteiger partial charge in [-0.2, -0.15) is 16.8 Å². The summed E-state index contributed by atoms with van der Waals surface area (Å²) in [6.45, 7) is 3.17. The standard InChI is InChI=1S/C14H16N2O6S2.C12H12N2/c1-7-3-9(13(5-11(7)15)23(17,18)19)10-4-8(2)12(16)6-14(10)24(20,21)22;13-11-5-1-9(2-6-11)10-3-7-12(14)8-4-10/h3-6H,15-16H2,1-2H3,(H,17,18,19)(H,20,21,22);1-8H,13-14H2. The van der Waals surface area contributed by atoms with Crippen LogP contribution in [-0.4, -0.2) is 25.9 Å². The maximum absolute atomic E-state index is 11.7. The molecule has 0 saturated carbocycles. The summed E-state index contributed by atoms with van der Waals surface area (Å²) in [5, 5.41) is 0. The van der Waals surface area contributed by atoms with Crippen LogP contribution in [0.2, 0.25) is 0 Å². The fourth-order valence-electron chi connectivity index (χ4n) is 3.61. The third-order valence-electron chi connectivity index (χ3n) is 5.74. The van der Waals surface area contributed by atoms with Gasteiger partial charge in [0.2, 0.25) is 0 Å². The molecule has 0 spiro atoms. The first-order chi connectivity index (χ1) is 17.6. The molecular formula is C26H28N4O6S2. The number of anilines is 4. The van der Waals surface area contributed by atoms with Gasteiger partial charge in [0.25, 0.3) is 20.2 Å². The van der Waals surface area contributed by atoms with Crippen molar-refractivity contribution in [3.8, 4) is 22.3 Å². The average molecular weight is 557 g/mol. The summed E-state index contributed by atoms with van der Waals surface area (Å²) in [6, 6.07) is 20.3. The third kappa shape index (κ3) is 6.61. The second-order valence-electron chi connectivity index (χ2n) is 8.60. The molecule has 0 aliphatic carbocycles. The summed E-state index contributed by atoms with van der Waals surface area (Å²) in [7, 11) is -9.39. The summed E-state index contributed by atoms with van der Waals surface area (Å²) in [5.74, 6) is 0. The SMILES string of the molecule is Cc1cc(-c2cc(C)c(N)cc2S(=O)(=O)O)c(S(=O)(=O)O)cc1N.Nc1ccc(-c2ccc(N)cc2)cc1. The quantitative estimate of drug-likeness (QED) is 0.156. The molecule has 200 valence electrons. The highest BCUT2D eigenvalue weighted by Gasteiger charge is 2.25. The lowest BCUT2D eigenvalue weighted by molar-refractivity contribution is 0.480. The van der Waals surface area contributed by atoms with E-state index in [1.165, 1.54) is 12.1 Å². The largest absolute Gasteiger partial charge is 0.399 e. The molecule has 4 rings (SSSR count). The summed E-state index contributed by atoms with van der Waals surface area (Å²) in [4.78, 5) is -1.14. The van der Waals surface area contributed by atoms with Gasteiger partial charge in [-0.1, -0.05) is 24.3 Å². The number of hydrogen-bond acceptors (Lipinski definition) is 8. The van der Waals surface area contributed by atoms with Crippen molar-refractivity contribution in [2.24, 2.45) is 0 Å². The zero-order valence-electron chi connectivity index (χ0n) is 20.6. The van der Waals surface area contributed by atoms with Crippen molar-refractivity contribution in [3.05, 3.63) is 83.9 Å². The Bertz CT molecular complexity index is 1570. The van der Waals surface area contributed by atoms with Crippen molar-refractivity contribution >= 4 is 43.0 Å². The first kappa shape index (κ1) is 28.5. The van der Waals surface area contributed by atoms with Crippen molar-refractivity contribution in [1.82, 2.24) is 0 Å². The van der Waals surface area contributed by atoms with Crippen LogP contribution in [0.1, 0.15) is 11.1 Å². The highest BCUT2D eigenvalue weighted by molar-refractivity contribution is 7.86. The molecule has 0 unspecified atom stereocenters. The normalized spacial score (nSPS) is 11.5. The van der Waals surface area contributed by atoms with Crippen LogP contribution in [0.5, 0.6) is 0 Å². The van der Waals surface area contributed by atoms with E-state index in [4.69, 9.17) is 22.9 Å². The van der Waals surface area contributed by atoms with E-state index in [2.05, 4.69) is 0 Å². The average Bonchev–Trinajstić information content (AvgIpc) is 2.82. The maximum Gasteiger partial charge on any atom is 0.295 e. The van der Waals surface area contributed by atoms with Crippen LogP contribution >= 0.6 is 0 Å². The van der Waals surface area contributed by atoms with Crippen LogP contribution in [0, 0.1) is 13.8 Å². The van der Waals surface area contributed by atoms with Gasteiger partial charge in [-0.15, -0.1) is 0 Å². The highest BCUT2D eigenvalue weighted by atomic mass is 32.2. The predicted octanol–water partition coefficient (Wildman–Crippen LogP) is 4.15. The van der Waals surface area contributed by atoms with E-state index in [0.717, 1.165) is 34.6 Å². The van der Waals surface area contributed by atoms with Crippen LogP contribution < -0.4 is 22.9 Å². The molecule has 0 fully saturated rings. The first-order valence-corrected chi connectivity index (χ1v) is 13.9. The Morgan fingerprint density at radius 1 is 0.526 bits per heavy atom. The van der Waals surface area contributed by atoms with Crippen LogP contribution in [0.25, 0.3) is 22.3 Å². The second kappa shape index (κ2) is 10.7. The lowest BCUT2D eigenvalue weighted by atomic mass is 10.00. The Morgan fingerprint density at radius 2 is 0.816 bits per heavy atom. The van der Waals surface area contributed by atoms with Crippen LogP contribution in [-0.2, 0) is 20.2 Å². The van der Waals surface area contributed by atoms with Gasteiger partial charge in [0.1, 0.15) is 9.79 Å². The summed E-state index contributed by atoms with van der Waals surface area (Å²) >= 11 is 0. The van der Waals surface area contributed by atoms with Crippen LogP contribution in [0.3, 0.4) is 0 Å². The molecular weight excluding hydrogens is 528 g/mol. The molecule has 4 aromatic rings. The second-order valence-corrected chi connectivity index (χ2v) is 11.4. The highest BCUT2D eigenvalue weighted by Crippen LogP contribution is 2.37. The van der Waals surface area contributed by atoms with Crippen LogP contribution in [0.4, 0.5) is 22.7 Å². The number of nitrogens with two attached hydrogens (primary N) is 4. The van der Waals surface area contributed by atoms with E-state index in [0.29, 0.717) is 11.1 Å². The van der Waals surface area contributed by atoms with E-state index in [1.807, 2.05) is 48.5 Å². The van der Waals surface area contributed by atoms with Crippen molar-refractivity contribution in [2.45, 2.75) is 23.6 Å². The molecule has 12 heteroatoms. The van der Waals surface area contributed by atoms with E-state index < -0.39 is 30.0 Å². The lowest BCUT2D eigenvalue weighted by Crippen LogP contribution is -2.08. The topological polar surface area (TPSA) is 213 Å². The number of hydrogen-bond donors (Lipinski definition) is 6. The third-order valence-corrected chi connectivity index (χ3v) is 7.52. The molecule has 38 heavy (non-hydrogen) atoms. The maximum atomic E-state index is 11.7.